The maximum absolute atomic E-state index is 2.39. The number of unbranched alkanes of at least 4 members (excludes halogenated alkanes) is 1. The van der Waals surface area contributed by atoms with E-state index in [1.165, 1.54) is 57.2 Å². The molecular formula is C45H48BN3. The first-order valence-electron chi connectivity index (χ1n) is 17.9. The van der Waals surface area contributed by atoms with Gasteiger partial charge in [-0.05, 0) is 56.7 Å². The van der Waals surface area contributed by atoms with E-state index >= 15 is 0 Å². The molecule has 3 nitrogen and oxygen atoms in total. The van der Waals surface area contributed by atoms with Crippen molar-refractivity contribution in [1.82, 2.24) is 4.57 Å². The van der Waals surface area contributed by atoms with Crippen molar-refractivity contribution in [2.45, 2.75) is 40.2 Å². The van der Waals surface area contributed by atoms with Crippen molar-refractivity contribution in [3.8, 4) is 11.3 Å². The lowest BCUT2D eigenvalue weighted by Gasteiger charge is -2.44. The fraction of sp³-hybridized carbons (Fsp3) is 0.178. The molecule has 5 aromatic carbocycles. The summed E-state index contributed by atoms with van der Waals surface area (Å²) in [6.45, 7) is 9.80. The molecule has 0 saturated heterocycles. The zero-order valence-electron chi connectivity index (χ0n) is 29.2. The van der Waals surface area contributed by atoms with Crippen LogP contribution in [0.3, 0.4) is 0 Å². The molecular weight excluding hydrogens is 593 g/mol. The third-order valence-corrected chi connectivity index (χ3v) is 9.90. The van der Waals surface area contributed by atoms with Gasteiger partial charge in [0.05, 0.1) is 12.7 Å². The Morgan fingerprint density at radius 1 is 0.531 bits per heavy atom. The van der Waals surface area contributed by atoms with E-state index in [1.807, 2.05) is 0 Å². The number of hydrogen-bond donors (Lipinski definition) is 0. The highest BCUT2D eigenvalue weighted by Gasteiger charge is 2.31. The zero-order valence-corrected chi connectivity index (χ0v) is 29.2. The van der Waals surface area contributed by atoms with E-state index in [9.17, 15) is 0 Å². The van der Waals surface area contributed by atoms with Crippen molar-refractivity contribution in [3.63, 3.8) is 0 Å². The van der Waals surface area contributed by atoms with Gasteiger partial charge in [-0.3, -0.25) is 0 Å². The minimum absolute atomic E-state index is 1.04. The quantitative estimate of drug-likeness (QED) is 0.105. The first-order chi connectivity index (χ1) is 24.2. The van der Waals surface area contributed by atoms with Gasteiger partial charge in [0.1, 0.15) is 6.15 Å². The minimum Gasteiger partial charge on any atom is -0.372 e. The molecule has 4 heteroatoms. The highest BCUT2D eigenvalue weighted by atomic mass is 15.1. The first-order valence-corrected chi connectivity index (χ1v) is 17.9. The lowest BCUT2D eigenvalue weighted by atomic mass is 9.13. The number of benzene rings is 5. The Balaban J connectivity index is 0.000000170. The largest absolute Gasteiger partial charge is 0.372 e. The number of hydrogen-bond acceptors (Lipinski definition) is 1. The van der Waals surface area contributed by atoms with E-state index < -0.39 is 6.15 Å². The van der Waals surface area contributed by atoms with Crippen molar-refractivity contribution in [3.05, 3.63) is 176 Å². The zero-order chi connectivity index (χ0) is 33.9. The fourth-order valence-corrected chi connectivity index (χ4v) is 7.46. The van der Waals surface area contributed by atoms with Gasteiger partial charge in [-0.1, -0.05) is 141 Å². The van der Waals surface area contributed by atoms with Gasteiger partial charge in [0, 0.05) is 24.3 Å². The molecule has 0 atom stereocenters. The van der Waals surface area contributed by atoms with Crippen molar-refractivity contribution < 1.29 is 4.40 Å². The number of anilines is 1. The Kier molecular flexibility index (Phi) is 11.1. The molecule has 0 spiro atoms. The molecule has 7 aromatic rings. The third kappa shape index (κ3) is 7.10. The van der Waals surface area contributed by atoms with E-state index in [4.69, 9.17) is 0 Å². The van der Waals surface area contributed by atoms with Gasteiger partial charge in [-0.2, -0.15) is 21.9 Å². The Labute approximate surface area is 293 Å². The Hall–Kier alpha value is -5.35. The SMILES string of the molecule is CCCCn1c[n+]2ccccc2c1-c1ccc(N(CC)CC)cc1.c1ccc([B-](c2ccccc2)(c2ccccc2)c2ccccc2)cc1. The van der Waals surface area contributed by atoms with E-state index in [-0.39, 0.29) is 0 Å². The summed E-state index contributed by atoms with van der Waals surface area (Å²) < 4.78 is 4.62. The predicted molar refractivity (Wildman–Crippen MR) is 212 cm³/mol. The lowest BCUT2D eigenvalue weighted by molar-refractivity contribution is -0.512. The molecule has 0 amide bonds. The molecule has 0 aliphatic carbocycles. The average Bonchev–Trinajstić information content (AvgIpc) is 3.55. The van der Waals surface area contributed by atoms with Crippen LogP contribution in [0.2, 0.25) is 0 Å². The molecule has 0 fully saturated rings. The normalized spacial score (nSPS) is 11.2. The molecule has 0 bridgehead atoms. The van der Waals surface area contributed by atoms with E-state index in [1.54, 1.807) is 0 Å². The molecule has 0 aliphatic rings. The van der Waals surface area contributed by atoms with Crippen molar-refractivity contribution in [2.24, 2.45) is 0 Å². The summed E-state index contributed by atoms with van der Waals surface area (Å²) in [6, 6.07) is 59.0. The number of pyridine rings is 1. The summed E-state index contributed by atoms with van der Waals surface area (Å²) in [5, 5.41) is 0. The minimum atomic E-state index is -1.22. The van der Waals surface area contributed by atoms with Gasteiger partial charge in [0.25, 0.3) is 0 Å². The Morgan fingerprint density at radius 3 is 1.41 bits per heavy atom. The maximum atomic E-state index is 2.39. The highest BCUT2D eigenvalue weighted by molar-refractivity contribution is 7.19. The molecule has 0 N–H and O–H groups in total. The summed E-state index contributed by atoms with van der Waals surface area (Å²) in [7, 11) is 0. The van der Waals surface area contributed by atoms with E-state index in [2.05, 4.69) is 211 Å². The highest BCUT2D eigenvalue weighted by Crippen LogP contribution is 2.26. The molecule has 0 radical (unpaired) electrons. The van der Waals surface area contributed by atoms with Crippen molar-refractivity contribution in [2.75, 3.05) is 18.0 Å². The molecule has 0 aliphatic heterocycles. The van der Waals surface area contributed by atoms with Gasteiger partial charge in [-0.25, -0.2) is 8.97 Å². The molecule has 49 heavy (non-hydrogen) atoms. The van der Waals surface area contributed by atoms with Crippen LogP contribution < -0.4 is 31.2 Å². The maximum Gasteiger partial charge on any atom is 0.249 e. The molecule has 2 aromatic heterocycles. The van der Waals surface area contributed by atoms with E-state index in [0.717, 1.165) is 19.6 Å². The molecule has 0 saturated carbocycles. The topological polar surface area (TPSA) is 12.3 Å². The van der Waals surface area contributed by atoms with E-state index in [0.29, 0.717) is 0 Å². The number of nitrogens with zero attached hydrogens (tertiary/aromatic N) is 3. The van der Waals surface area contributed by atoms with Crippen LogP contribution in [0.15, 0.2) is 176 Å². The number of imidazole rings is 1. The van der Waals surface area contributed by atoms with Crippen LogP contribution in [0.4, 0.5) is 5.69 Å². The van der Waals surface area contributed by atoms with Crippen LogP contribution in [0.5, 0.6) is 0 Å². The van der Waals surface area contributed by atoms with Gasteiger partial charge in [0.15, 0.2) is 11.2 Å². The Bertz CT molecular complexity index is 1840. The van der Waals surface area contributed by atoms with Gasteiger partial charge in [-0.15, -0.1) is 0 Å². The average molecular weight is 642 g/mol. The Morgan fingerprint density at radius 2 is 0.980 bits per heavy atom. The van der Waals surface area contributed by atoms with Crippen LogP contribution >= 0.6 is 0 Å². The number of rotatable bonds is 11. The second-order valence-corrected chi connectivity index (χ2v) is 12.7. The molecule has 2 heterocycles. The predicted octanol–water partition coefficient (Wildman–Crippen LogP) is 7.60. The van der Waals surface area contributed by atoms with Crippen LogP contribution in [0, 0.1) is 0 Å². The van der Waals surface area contributed by atoms with Gasteiger partial charge < -0.3 is 4.90 Å². The second-order valence-electron chi connectivity index (χ2n) is 12.7. The first kappa shape index (κ1) is 33.6. The lowest BCUT2D eigenvalue weighted by Crippen LogP contribution is -2.74. The van der Waals surface area contributed by atoms with Crippen molar-refractivity contribution in [1.29, 1.82) is 0 Å². The summed E-state index contributed by atoms with van der Waals surface area (Å²) >= 11 is 0. The van der Waals surface area contributed by atoms with Crippen LogP contribution in [0.25, 0.3) is 16.8 Å². The molecule has 7 rings (SSSR count). The number of fused-ring (bicyclic) bond motifs is 1. The monoisotopic (exact) mass is 641 g/mol. The summed E-state index contributed by atoms with van der Waals surface area (Å²) in [5.74, 6) is 0. The third-order valence-electron chi connectivity index (χ3n) is 9.90. The van der Waals surface area contributed by atoms with Gasteiger partial charge >= 0.3 is 0 Å². The standard InChI is InChI=1S/C24H20B.C21H28N3/c1-5-13-21(14-6-1)25(22-15-7-2-8-16-22,23-17-9-3-10-18-23)24-19-11-4-12-20-24;1-4-7-15-24-17-23-16-9-8-10-20(23)21(24)18-11-13-19(14-12-18)22(5-2)6-3/h1-20H;8-14,16-17H,4-7,15H2,1-3H3/q-1;+1. The number of aromatic nitrogens is 2. The summed E-state index contributed by atoms with van der Waals surface area (Å²) in [4.78, 5) is 2.38. The fourth-order valence-electron chi connectivity index (χ4n) is 7.46. The van der Waals surface area contributed by atoms with Crippen LogP contribution in [0.1, 0.15) is 33.6 Å². The molecule has 0 unspecified atom stereocenters. The summed E-state index contributed by atoms with van der Waals surface area (Å²) in [6.07, 6.45) is 5.54. The summed E-state index contributed by atoms with van der Waals surface area (Å²) in [5.41, 5.74) is 10.5. The van der Waals surface area contributed by atoms with Crippen LogP contribution in [-0.2, 0) is 6.54 Å². The second kappa shape index (κ2) is 16.2. The van der Waals surface area contributed by atoms with Crippen molar-refractivity contribution >= 4 is 39.2 Å². The van der Waals surface area contributed by atoms with Crippen LogP contribution in [-0.4, -0.2) is 23.8 Å². The van der Waals surface area contributed by atoms with Gasteiger partial charge in [0.2, 0.25) is 6.33 Å². The molecule has 246 valence electrons. The smallest absolute Gasteiger partial charge is 0.249 e. The number of aryl methyl sites for hydroxylation is 1.